The molecule has 0 aliphatic rings. The minimum atomic E-state index is 0.540. The van der Waals surface area contributed by atoms with E-state index in [9.17, 15) is 0 Å². The number of nitrogens with zero attached hydrogens (tertiary/aromatic N) is 1. The monoisotopic (exact) mass is 174 g/mol. The Balaban J connectivity index is 2.66. The van der Waals surface area contributed by atoms with Crippen LogP contribution in [-0.4, -0.2) is 12.1 Å². The maximum Gasteiger partial charge on any atom is 0.124 e. The Morgan fingerprint density at radius 3 is 2.85 bits per heavy atom. The Hall–Kier alpha value is -1.77. The van der Waals surface area contributed by atoms with Crippen molar-refractivity contribution in [2.75, 3.05) is 12.8 Å². The van der Waals surface area contributed by atoms with Crippen LogP contribution in [0.3, 0.4) is 0 Å². The zero-order valence-electron chi connectivity index (χ0n) is 7.32. The van der Waals surface area contributed by atoms with Crippen LogP contribution in [0.1, 0.15) is 0 Å². The van der Waals surface area contributed by atoms with Gasteiger partial charge in [0.05, 0.1) is 12.6 Å². The van der Waals surface area contributed by atoms with Gasteiger partial charge < -0.3 is 10.5 Å². The molecule has 0 unspecified atom stereocenters. The van der Waals surface area contributed by atoms with E-state index in [4.69, 9.17) is 10.5 Å². The van der Waals surface area contributed by atoms with E-state index in [0.717, 1.165) is 16.7 Å². The summed E-state index contributed by atoms with van der Waals surface area (Å²) >= 11 is 0. The Labute approximate surface area is 76.2 Å². The first-order chi connectivity index (χ1) is 6.29. The molecule has 0 aliphatic carbocycles. The predicted molar refractivity (Wildman–Crippen MR) is 52.7 cm³/mol. The minimum Gasteiger partial charge on any atom is -0.497 e. The zero-order valence-corrected chi connectivity index (χ0v) is 7.32. The predicted octanol–water partition coefficient (Wildman–Crippen LogP) is 1.83. The Morgan fingerprint density at radius 1 is 1.23 bits per heavy atom. The summed E-state index contributed by atoms with van der Waals surface area (Å²) in [5.74, 6) is 1.37. The number of rotatable bonds is 1. The second-order valence-electron chi connectivity index (χ2n) is 2.79. The molecule has 2 rings (SSSR count). The first-order valence-corrected chi connectivity index (χ1v) is 4.00. The molecule has 1 aromatic heterocycles. The van der Waals surface area contributed by atoms with Gasteiger partial charge in [0.15, 0.2) is 0 Å². The van der Waals surface area contributed by atoms with Crippen LogP contribution in [0.5, 0.6) is 5.75 Å². The first-order valence-electron chi connectivity index (χ1n) is 4.00. The van der Waals surface area contributed by atoms with Crippen molar-refractivity contribution >= 4 is 16.7 Å². The lowest BCUT2D eigenvalue weighted by Crippen LogP contribution is -1.90. The fourth-order valence-corrected chi connectivity index (χ4v) is 1.25. The molecule has 0 aliphatic heterocycles. The third-order valence-corrected chi connectivity index (χ3v) is 1.92. The molecule has 66 valence electrons. The van der Waals surface area contributed by atoms with Crippen LogP contribution in [-0.2, 0) is 0 Å². The normalized spacial score (nSPS) is 10.2. The molecule has 0 saturated heterocycles. The topological polar surface area (TPSA) is 48.1 Å². The van der Waals surface area contributed by atoms with Crippen molar-refractivity contribution in [3.63, 3.8) is 0 Å². The van der Waals surface area contributed by atoms with Gasteiger partial charge in [-0.2, -0.15) is 0 Å². The summed E-state index contributed by atoms with van der Waals surface area (Å²) in [5, 5.41) is 1.04. The van der Waals surface area contributed by atoms with Gasteiger partial charge in [-0.15, -0.1) is 0 Å². The molecule has 3 nitrogen and oxygen atoms in total. The third-order valence-electron chi connectivity index (χ3n) is 1.92. The van der Waals surface area contributed by atoms with E-state index in [0.29, 0.717) is 5.82 Å². The number of pyridine rings is 1. The lowest BCUT2D eigenvalue weighted by Gasteiger charge is -2.01. The first kappa shape index (κ1) is 7.86. The maximum atomic E-state index is 5.55. The molecule has 1 aromatic carbocycles. The molecular weight excluding hydrogens is 164 g/mol. The van der Waals surface area contributed by atoms with E-state index in [2.05, 4.69) is 4.98 Å². The highest BCUT2D eigenvalue weighted by molar-refractivity contribution is 5.81. The molecular formula is C10H10N2O. The number of nitrogens with two attached hydrogens (primary N) is 1. The molecule has 0 radical (unpaired) electrons. The highest BCUT2D eigenvalue weighted by Gasteiger charge is 1.97. The van der Waals surface area contributed by atoms with Gasteiger partial charge in [-0.1, -0.05) is 0 Å². The number of nitrogen functional groups attached to an aromatic ring is 1. The number of benzene rings is 1. The highest BCUT2D eigenvalue weighted by Crippen LogP contribution is 2.19. The van der Waals surface area contributed by atoms with Gasteiger partial charge in [0.25, 0.3) is 0 Å². The molecule has 0 atom stereocenters. The number of aromatic nitrogens is 1. The number of anilines is 1. The van der Waals surface area contributed by atoms with Gasteiger partial charge in [-0.25, -0.2) is 4.98 Å². The number of hydrogen-bond acceptors (Lipinski definition) is 3. The molecule has 0 bridgehead atoms. The van der Waals surface area contributed by atoms with Gasteiger partial charge >= 0.3 is 0 Å². The molecule has 0 fully saturated rings. The van der Waals surface area contributed by atoms with E-state index < -0.39 is 0 Å². The number of fused-ring (bicyclic) bond motifs is 1. The summed E-state index contributed by atoms with van der Waals surface area (Å²) in [5.41, 5.74) is 6.44. The molecule has 2 aromatic rings. The second-order valence-corrected chi connectivity index (χ2v) is 2.79. The smallest absolute Gasteiger partial charge is 0.124 e. The third kappa shape index (κ3) is 1.40. The fourth-order valence-electron chi connectivity index (χ4n) is 1.25. The van der Waals surface area contributed by atoms with E-state index in [-0.39, 0.29) is 0 Å². The van der Waals surface area contributed by atoms with Crippen LogP contribution in [0.15, 0.2) is 30.3 Å². The van der Waals surface area contributed by atoms with Crippen molar-refractivity contribution in [2.24, 2.45) is 0 Å². The number of hydrogen-bond donors (Lipinski definition) is 1. The largest absolute Gasteiger partial charge is 0.497 e. The quantitative estimate of drug-likeness (QED) is 0.717. The summed E-state index contributed by atoms with van der Waals surface area (Å²) in [4.78, 5) is 4.17. The lowest BCUT2D eigenvalue weighted by molar-refractivity contribution is 0.415. The average molecular weight is 174 g/mol. The van der Waals surface area contributed by atoms with Gasteiger partial charge in [0, 0.05) is 5.39 Å². The summed E-state index contributed by atoms with van der Waals surface area (Å²) < 4.78 is 5.09. The Kier molecular flexibility index (Phi) is 1.77. The van der Waals surface area contributed by atoms with Crippen molar-refractivity contribution in [1.82, 2.24) is 4.98 Å². The molecule has 0 saturated carbocycles. The van der Waals surface area contributed by atoms with Crippen LogP contribution < -0.4 is 10.5 Å². The minimum absolute atomic E-state index is 0.540. The summed E-state index contributed by atoms with van der Waals surface area (Å²) in [7, 11) is 1.64. The Bertz CT molecular complexity index is 440. The standard InChI is InChI=1S/C10H10N2O/c1-13-8-3-4-9-7(6-8)2-5-10(11)12-9/h2-6H,1H3,(H2,11,12). The Morgan fingerprint density at radius 2 is 2.08 bits per heavy atom. The van der Waals surface area contributed by atoms with E-state index >= 15 is 0 Å². The molecule has 3 heteroatoms. The van der Waals surface area contributed by atoms with Crippen molar-refractivity contribution in [1.29, 1.82) is 0 Å². The highest BCUT2D eigenvalue weighted by atomic mass is 16.5. The zero-order chi connectivity index (χ0) is 9.26. The average Bonchev–Trinajstić information content (AvgIpc) is 2.17. The fraction of sp³-hybridized carbons (Fsp3) is 0.100. The van der Waals surface area contributed by atoms with Gasteiger partial charge in [-0.3, -0.25) is 0 Å². The molecule has 0 amide bonds. The summed E-state index contributed by atoms with van der Waals surface area (Å²) in [6.45, 7) is 0. The second kappa shape index (κ2) is 2.94. The van der Waals surface area contributed by atoms with Crippen LogP contribution in [0.2, 0.25) is 0 Å². The van der Waals surface area contributed by atoms with Crippen LogP contribution >= 0.6 is 0 Å². The molecule has 13 heavy (non-hydrogen) atoms. The van der Waals surface area contributed by atoms with E-state index in [1.54, 1.807) is 13.2 Å². The van der Waals surface area contributed by atoms with Crippen molar-refractivity contribution < 1.29 is 4.74 Å². The van der Waals surface area contributed by atoms with E-state index in [1.807, 2.05) is 24.3 Å². The summed E-state index contributed by atoms with van der Waals surface area (Å²) in [6.07, 6.45) is 0. The van der Waals surface area contributed by atoms with Crippen molar-refractivity contribution in [3.8, 4) is 5.75 Å². The van der Waals surface area contributed by atoms with Gasteiger partial charge in [0.2, 0.25) is 0 Å². The molecule has 1 heterocycles. The van der Waals surface area contributed by atoms with Crippen molar-refractivity contribution in [2.45, 2.75) is 0 Å². The molecule has 0 spiro atoms. The van der Waals surface area contributed by atoms with E-state index in [1.165, 1.54) is 0 Å². The van der Waals surface area contributed by atoms with Crippen LogP contribution in [0.25, 0.3) is 10.9 Å². The van der Waals surface area contributed by atoms with Gasteiger partial charge in [0.1, 0.15) is 11.6 Å². The number of methoxy groups -OCH3 is 1. The van der Waals surface area contributed by atoms with Gasteiger partial charge in [-0.05, 0) is 30.3 Å². The maximum absolute atomic E-state index is 5.55. The van der Waals surface area contributed by atoms with Crippen LogP contribution in [0, 0.1) is 0 Å². The summed E-state index contributed by atoms with van der Waals surface area (Å²) in [6, 6.07) is 9.41. The number of ether oxygens (including phenoxy) is 1. The molecule has 2 N–H and O–H groups in total. The lowest BCUT2D eigenvalue weighted by atomic mass is 10.2. The van der Waals surface area contributed by atoms with Crippen LogP contribution in [0.4, 0.5) is 5.82 Å². The SMILES string of the molecule is COc1ccc2nc(N)ccc2c1. The van der Waals surface area contributed by atoms with Crippen molar-refractivity contribution in [3.05, 3.63) is 30.3 Å².